The first-order chi connectivity index (χ1) is 10.0. The highest BCUT2D eigenvalue weighted by Gasteiger charge is 2.43. The van der Waals surface area contributed by atoms with Gasteiger partial charge in [-0.25, -0.2) is 0 Å². The molecule has 0 aromatic heterocycles. The van der Waals surface area contributed by atoms with Crippen LogP contribution in [-0.4, -0.2) is 16.3 Å². The van der Waals surface area contributed by atoms with Crippen LogP contribution in [0.4, 0.5) is 0 Å². The van der Waals surface area contributed by atoms with Crippen molar-refractivity contribution < 1.29 is 10.2 Å². The van der Waals surface area contributed by atoms with Gasteiger partial charge in [-0.05, 0) is 74.1 Å². The summed E-state index contributed by atoms with van der Waals surface area (Å²) in [5.41, 5.74) is 2.66. The van der Waals surface area contributed by atoms with Gasteiger partial charge in [0.05, 0.1) is 0 Å². The molecule has 3 unspecified atom stereocenters. The predicted molar refractivity (Wildman–Crippen MR) is 84.1 cm³/mol. The van der Waals surface area contributed by atoms with Crippen molar-refractivity contribution in [3.05, 3.63) is 29.3 Å². The summed E-state index contributed by atoms with van der Waals surface area (Å²) in [7, 11) is 0. The monoisotopic (exact) mass is 284 g/mol. The molecule has 0 amide bonds. The molecule has 0 heterocycles. The molecule has 2 heteroatoms. The molecule has 2 nitrogen and oxygen atoms in total. The van der Waals surface area contributed by atoms with E-state index in [9.17, 15) is 10.2 Å². The number of aromatic hydroxyl groups is 1. The fourth-order valence-electron chi connectivity index (χ4n) is 4.35. The molecule has 0 bridgehead atoms. The van der Waals surface area contributed by atoms with Crippen LogP contribution in [0.5, 0.6) is 5.75 Å². The first-order valence-corrected chi connectivity index (χ1v) is 7.95. The summed E-state index contributed by atoms with van der Waals surface area (Å²) < 4.78 is 0. The Morgan fingerprint density at radius 2 is 2.14 bits per heavy atom. The second kappa shape index (κ2) is 5.39. The maximum absolute atomic E-state index is 10.3. The zero-order valence-electron chi connectivity index (χ0n) is 12.9. The number of aliphatic hydroxyl groups excluding tert-OH is 1. The largest absolute Gasteiger partial charge is 0.508 e. The van der Waals surface area contributed by atoms with E-state index in [4.69, 9.17) is 0 Å². The van der Waals surface area contributed by atoms with Gasteiger partial charge in [0.15, 0.2) is 0 Å². The lowest BCUT2D eigenvalue weighted by Crippen LogP contribution is -2.40. The van der Waals surface area contributed by atoms with Crippen LogP contribution >= 0.6 is 0 Å². The molecule has 2 aliphatic rings. The van der Waals surface area contributed by atoms with Crippen molar-refractivity contribution in [2.24, 2.45) is 11.3 Å². The third kappa shape index (κ3) is 2.56. The number of phenolic OH excluding ortho intramolecular Hbond substituents is 1. The van der Waals surface area contributed by atoms with E-state index in [1.54, 1.807) is 6.92 Å². The minimum atomic E-state index is -0.510. The molecule has 4 atom stereocenters. The van der Waals surface area contributed by atoms with E-state index in [1.807, 2.05) is 12.1 Å². The van der Waals surface area contributed by atoms with Crippen LogP contribution in [0.15, 0.2) is 18.2 Å². The minimum Gasteiger partial charge on any atom is -0.508 e. The highest BCUT2D eigenvalue weighted by Crippen LogP contribution is 2.52. The molecule has 3 rings (SSSR count). The fourth-order valence-corrected chi connectivity index (χ4v) is 4.35. The van der Waals surface area contributed by atoms with Crippen LogP contribution in [-0.2, 0) is 6.42 Å². The maximum Gasteiger partial charge on any atom is 0.120 e. The Hall–Kier alpha value is -1.46. The van der Waals surface area contributed by atoms with Gasteiger partial charge in [0.2, 0.25) is 0 Å². The molecule has 1 fully saturated rings. The third-order valence-corrected chi connectivity index (χ3v) is 5.58. The Bertz CT molecular complexity index is 595. The predicted octanol–water partition coefficient (Wildman–Crippen LogP) is 3.61. The average Bonchev–Trinajstić information content (AvgIpc) is 2.47. The minimum absolute atomic E-state index is 0.0708. The van der Waals surface area contributed by atoms with Crippen molar-refractivity contribution in [3.63, 3.8) is 0 Å². The van der Waals surface area contributed by atoms with E-state index in [2.05, 4.69) is 24.8 Å². The highest BCUT2D eigenvalue weighted by atomic mass is 16.3. The highest BCUT2D eigenvalue weighted by molar-refractivity contribution is 5.39. The molecule has 1 aromatic rings. The van der Waals surface area contributed by atoms with Crippen molar-refractivity contribution >= 4 is 0 Å². The van der Waals surface area contributed by atoms with Gasteiger partial charge in [0, 0.05) is 5.41 Å². The van der Waals surface area contributed by atoms with Crippen LogP contribution in [0, 0.1) is 23.2 Å². The standard InChI is InChI=1S/C19H24O2/c1-3-4-18(21)19(2)10-9-17-14(12-19)6-5-13-11-15(20)7-8-16(13)17/h7-8,11,14,17-18,20-21H,5-6,9-10,12H2,1-2H3/t14?,17?,18?,19-/m0/s1. The van der Waals surface area contributed by atoms with E-state index >= 15 is 0 Å². The van der Waals surface area contributed by atoms with E-state index in [0.29, 0.717) is 17.6 Å². The van der Waals surface area contributed by atoms with Gasteiger partial charge in [-0.15, -0.1) is 5.92 Å². The van der Waals surface area contributed by atoms with Crippen LogP contribution in [0.1, 0.15) is 56.6 Å². The normalized spacial score (nSPS) is 32.3. The lowest BCUT2D eigenvalue weighted by atomic mass is 9.59. The molecule has 0 radical (unpaired) electrons. The summed E-state index contributed by atoms with van der Waals surface area (Å²) in [4.78, 5) is 0. The molecule has 2 aliphatic carbocycles. The lowest BCUT2D eigenvalue weighted by molar-refractivity contribution is 0.0178. The van der Waals surface area contributed by atoms with Crippen LogP contribution in [0.2, 0.25) is 0 Å². The Morgan fingerprint density at radius 1 is 1.33 bits per heavy atom. The SMILES string of the molecule is CC#CC(O)[C@@]1(C)CCC2c3ccc(O)cc3CCC2C1. The third-order valence-electron chi connectivity index (χ3n) is 5.58. The number of rotatable bonds is 1. The Kier molecular flexibility index (Phi) is 3.71. The van der Waals surface area contributed by atoms with Gasteiger partial charge < -0.3 is 10.2 Å². The molecule has 0 spiro atoms. The lowest BCUT2D eigenvalue weighted by Gasteiger charge is -2.46. The number of benzene rings is 1. The molecular formula is C19H24O2. The first-order valence-electron chi connectivity index (χ1n) is 7.95. The first kappa shape index (κ1) is 14.5. The van der Waals surface area contributed by atoms with Gasteiger partial charge in [0.25, 0.3) is 0 Å². The Morgan fingerprint density at radius 3 is 2.90 bits per heavy atom. The second-order valence-electron chi connectivity index (χ2n) is 6.98. The summed E-state index contributed by atoms with van der Waals surface area (Å²) in [6, 6.07) is 5.84. The van der Waals surface area contributed by atoms with Crippen molar-refractivity contribution in [3.8, 4) is 17.6 Å². The smallest absolute Gasteiger partial charge is 0.120 e. The van der Waals surface area contributed by atoms with Crippen molar-refractivity contribution in [1.82, 2.24) is 0 Å². The number of aryl methyl sites for hydroxylation is 1. The number of phenols is 1. The summed E-state index contributed by atoms with van der Waals surface area (Å²) in [6.07, 6.45) is 4.86. The fraction of sp³-hybridized carbons (Fsp3) is 0.579. The van der Waals surface area contributed by atoms with E-state index in [-0.39, 0.29) is 5.41 Å². The van der Waals surface area contributed by atoms with E-state index in [0.717, 1.165) is 32.1 Å². The van der Waals surface area contributed by atoms with Crippen LogP contribution in [0.25, 0.3) is 0 Å². The number of hydrogen-bond donors (Lipinski definition) is 2. The molecule has 0 aliphatic heterocycles. The van der Waals surface area contributed by atoms with E-state index < -0.39 is 6.10 Å². The molecule has 112 valence electrons. The zero-order chi connectivity index (χ0) is 15.0. The summed E-state index contributed by atoms with van der Waals surface area (Å²) in [5.74, 6) is 7.40. The molecule has 1 aromatic carbocycles. The van der Waals surface area contributed by atoms with Crippen molar-refractivity contribution in [2.45, 2.75) is 58.0 Å². The van der Waals surface area contributed by atoms with Gasteiger partial charge in [-0.1, -0.05) is 18.9 Å². The molecule has 1 saturated carbocycles. The molecular weight excluding hydrogens is 260 g/mol. The quantitative estimate of drug-likeness (QED) is 0.773. The van der Waals surface area contributed by atoms with Crippen molar-refractivity contribution in [2.75, 3.05) is 0 Å². The van der Waals surface area contributed by atoms with Gasteiger partial charge in [0.1, 0.15) is 11.9 Å². The van der Waals surface area contributed by atoms with Crippen LogP contribution < -0.4 is 0 Å². The van der Waals surface area contributed by atoms with Gasteiger partial charge in [-0.3, -0.25) is 0 Å². The maximum atomic E-state index is 10.3. The zero-order valence-corrected chi connectivity index (χ0v) is 12.9. The van der Waals surface area contributed by atoms with E-state index in [1.165, 1.54) is 11.1 Å². The average molecular weight is 284 g/mol. The number of hydrogen-bond acceptors (Lipinski definition) is 2. The second-order valence-corrected chi connectivity index (χ2v) is 6.98. The molecule has 21 heavy (non-hydrogen) atoms. The molecule has 2 N–H and O–H groups in total. The summed E-state index contributed by atoms with van der Waals surface area (Å²) in [5, 5.41) is 20.0. The van der Waals surface area contributed by atoms with Gasteiger partial charge >= 0.3 is 0 Å². The Labute approximate surface area is 127 Å². The van der Waals surface area contributed by atoms with Crippen molar-refractivity contribution in [1.29, 1.82) is 0 Å². The topological polar surface area (TPSA) is 40.5 Å². The summed E-state index contributed by atoms with van der Waals surface area (Å²) >= 11 is 0. The van der Waals surface area contributed by atoms with Crippen LogP contribution in [0.3, 0.4) is 0 Å². The Balaban J connectivity index is 1.84. The number of fused-ring (bicyclic) bond motifs is 3. The number of aliphatic hydroxyl groups is 1. The summed E-state index contributed by atoms with van der Waals surface area (Å²) in [6.45, 7) is 3.98. The van der Waals surface area contributed by atoms with Gasteiger partial charge in [-0.2, -0.15) is 0 Å². The molecule has 0 saturated heterocycles.